The summed E-state index contributed by atoms with van der Waals surface area (Å²) in [7, 11) is 0. The fraction of sp³-hybridized carbons (Fsp3) is 0.320. The van der Waals surface area contributed by atoms with Gasteiger partial charge < -0.3 is 4.42 Å². The van der Waals surface area contributed by atoms with E-state index in [0.29, 0.717) is 0 Å². The van der Waals surface area contributed by atoms with E-state index in [4.69, 9.17) is 19.5 Å². The van der Waals surface area contributed by atoms with E-state index >= 15 is 0 Å². The zero-order chi connectivity index (χ0) is 30.2. The summed E-state index contributed by atoms with van der Waals surface area (Å²) in [6.45, 7) is -3.11. The fourth-order valence-electron chi connectivity index (χ4n) is 3.20. The van der Waals surface area contributed by atoms with Crippen LogP contribution in [0.1, 0.15) is 63.8 Å². The molecule has 0 aliphatic heterocycles. The van der Waals surface area contributed by atoms with Gasteiger partial charge >= 0.3 is 0 Å². The third-order valence-corrected chi connectivity index (χ3v) is 4.41. The Kier molecular flexibility index (Phi) is 2.32. The van der Waals surface area contributed by atoms with Crippen LogP contribution in [-0.2, 0) is 6.37 Å². The molecule has 0 aliphatic rings. The molecule has 0 fully saturated rings. The fourth-order valence-corrected chi connectivity index (χ4v) is 3.20. The number of aryl methyl sites for hydroxylation is 3. The summed E-state index contributed by atoms with van der Waals surface area (Å²) >= 11 is 0. The summed E-state index contributed by atoms with van der Waals surface area (Å²) in [6.07, 6.45) is -1.04. The summed E-state index contributed by atoms with van der Waals surface area (Å²) in [5, 5.41) is 9.62. The molecule has 3 aromatic heterocycles. The van der Waals surface area contributed by atoms with Crippen molar-refractivity contribution in [1.82, 2.24) is 9.97 Å². The van der Waals surface area contributed by atoms with Crippen LogP contribution < -0.4 is 0 Å². The Morgan fingerprint density at radius 1 is 1.14 bits per heavy atom. The molecular weight excluding hydrogens is 358 g/mol. The second-order valence-corrected chi connectivity index (χ2v) is 7.81. The second kappa shape index (κ2) is 6.70. The highest BCUT2D eigenvalue weighted by Crippen LogP contribution is 2.38. The number of hydrogen-bond donors (Lipinski definition) is 0. The first-order chi connectivity index (χ1) is 18.1. The van der Waals surface area contributed by atoms with Crippen molar-refractivity contribution in [3.8, 4) is 17.3 Å². The molecule has 0 saturated carbocycles. The molecule has 4 aromatic rings. The quantitative estimate of drug-likeness (QED) is 0.393. The standard InChI is InChI=1S/C25H25N3O/c1-14-7-8-18(20-10-17(11-25(4,5)6)16(3)13-27-20)23-22(14)19-9-15(2)21(12-26)28-24(19)29-23/h7-10,13H,11H2,1-6H3/i1D3,2D3,3D3,11D2. The first-order valence-corrected chi connectivity index (χ1v) is 8.91. The highest BCUT2D eigenvalue weighted by atomic mass is 16.3. The highest BCUT2D eigenvalue weighted by molar-refractivity contribution is 6.10. The molecule has 0 spiro atoms. The van der Waals surface area contributed by atoms with E-state index in [-0.39, 0.29) is 55.6 Å². The van der Waals surface area contributed by atoms with Crippen molar-refractivity contribution in [3.63, 3.8) is 0 Å². The van der Waals surface area contributed by atoms with Gasteiger partial charge in [0.2, 0.25) is 5.71 Å². The third kappa shape index (κ3) is 3.38. The van der Waals surface area contributed by atoms with Gasteiger partial charge in [0.25, 0.3) is 0 Å². The zero-order valence-corrected chi connectivity index (χ0v) is 16.1. The van der Waals surface area contributed by atoms with Crippen molar-refractivity contribution in [2.24, 2.45) is 5.41 Å². The van der Waals surface area contributed by atoms with Gasteiger partial charge in [0.1, 0.15) is 17.3 Å². The molecule has 4 heteroatoms. The monoisotopic (exact) mass is 394 g/mol. The van der Waals surface area contributed by atoms with Crippen LogP contribution in [0.2, 0.25) is 0 Å². The van der Waals surface area contributed by atoms with Gasteiger partial charge in [-0.3, -0.25) is 4.98 Å². The molecule has 0 saturated heterocycles. The topological polar surface area (TPSA) is 62.7 Å². The molecule has 29 heavy (non-hydrogen) atoms. The van der Waals surface area contributed by atoms with Gasteiger partial charge in [-0.05, 0) is 72.8 Å². The van der Waals surface area contributed by atoms with Crippen molar-refractivity contribution in [3.05, 3.63) is 58.4 Å². The lowest BCUT2D eigenvalue weighted by molar-refractivity contribution is 0.410. The first kappa shape index (κ1) is 10.0. The van der Waals surface area contributed by atoms with Gasteiger partial charge in [-0.15, -0.1) is 0 Å². The Bertz CT molecular complexity index is 1680. The molecule has 4 nitrogen and oxygen atoms in total. The zero-order valence-electron chi connectivity index (χ0n) is 27.1. The molecule has 3 heterocycles. The van der Waals surface area contributed by atoms with Gasteiger partial charge in [0, 0.05) is 37.6 Å². The first-order valence-electron chi connectivity index (χ1n) is 14.4. The molecule has 0 unspecified atom stereocenters. The van der Waals surface area contributed by atoms with Crippen molar-refractivity contribution in [2.75, 3.05) is 0 Å². The number of benzene rings is 1. The Balaban J connectivity index is 2.15. The van der Waals surface area contributed by atoms with Gasteiger partial charge in [-0.2, -0.15) is 5.26 Å². The van der Waals surface area contributed by atoms with Gasteiger partial charge in [0.05, 0.1) is 5.69 Å². The average Bonchev–Trinajstić information content (AvgIpc) is 3.18. The van der Waals surface area contributed by atoms with Gasteiger partial charge in [-0.1, -0.05) is 26.8 Å². The predicted octanol–water partition coefficient (Wildman–Crippen LogP) is 6.43. The Morgan fingerprint density at radius 2 is 1.93 bits per heavy atom. The van der Waals surface area contributed by atoms with E-state index < -0.39 is 38.0 Å². The average molecular weight is 395 g/mol. The van der Waals surface area contributed by atoms with Crippen LogP contribution >= 0.6 is 0 Å². The third-order valence-electron chi connectivity index (χ3n) is 4.41. The number of fused-ring (bicyclic) bond motifs is 3. The molecule has 0 radical (unpaired) electrons. The highest BCUT2D eigenvalue weighted by Gasteiger charge is 2.19. The number of nitriles is 1. The van der Waals surface area contributed by atoms with E-state index in [9.17, 15) is 5.26 Å². The molecular formula is C25H25N3O. The van der Waals surface area contributed by atoms with Crippen LogP contribution in [0.4, 0.5) is 0 Å². The minimum atomic E-state index is -2.71. The van der Waals surface area contributed by atoms with Crippen molar-refractivity contribution in [1.29, 1.82) is 5.26 Å². The lowest BCUT2D eigenvalue weighted by Crippen LogP contribution is -2.10. The number of pyridine rings is 2. The van der Waals surface area contributed by atoms with Crippen molar-refractivity contribution >= 4 is 22.1 Å². The summed E-state index contributed by atoms with van der Waals surface area (Å²) in [5.41, 5.74) is -2.18. The Morgan fingerprint density at radius 3 is 2.62 bits per heavy atom. The number of rotatable bonds is 2. The predicted molar refractivity (Wildman–Crippen MR) is 117 cm³/mol. The molecule has 4 rings (SSSR count). The molecule has 0 amide bonds. The van der Waals surface area contributed by atoms with Crippen LogP contribution in [0.15, 0.2) is 34.9 Å². The number of furan rings is 1. The Labute approximate surface area is 186 Å². The normalized spacial score (nSPS) is 19.3. The van der Waals surface area contributed by atoms with Crippen LogP contribution in [0.3, 0.4) is 0 Å². The second-order valence-electron chi connectivity index (χ2n) is 7.81. The minimum absolute atomic E-state index is 0.0286. The molecule has 0 atom stereocenters. The van der Waals surface area contributed by atoms with E-state index in [1.54, 1.807) is 26.8 Å². The summed E-state index contributed by atoms with van der Waals surface area (Å²) < 4.78 is 95.0. The van der Waals surface area contributed by atoms with Crippen LogP contribution in [0.25, 0.3) is 33.3 Å². The Hall–Kier alpha value is -3.19. The van der Waals surface area contributed by atoms with Crippen LogP contribution in [0.5, 0.6) is 0 Å². The van der Waals surface area contributed by atoms with Crippen molar-refractivity contribution < 1.29 is 19.5 Å². The van der Waals surface area contributed by atoms with Crippen LogP contribution in [0, 0.1) is 37.3 Å². The summed E-state index contributed by atoms with van der Waals surface area (Å²) in [4.78, 5) is 8.35. The molecule has 1 aromatic carbocycles. The van der Waals surface area contributed by atoms with E-state index in [1.165, 1.54) is 24.3 Å². The molecule has 0 aliphatic carbocycles. The SMILES string of the molecule is [2H]C([2H])([2H])c1cnc(-c2ccc(C([2H])([2H])[2H])c3c2oc2nc(C#N)c(C([2H])([2H])[2H])cc23)cc1C([2H])([2H])C(C)(C)C. The number of nitrogens with zero attached hydrogens (tertiary/aromatic N) is 3. The maximum Gasteiger partial charge on any atom is 0.228 e. The summed E-state index contributed by atoms with van der Waals surface area (Å²) in [6, 6.07) is 6.95. The maximum absolute atomic E-state index is 9.51. The van der Waals surface area contributed by atoms with Crippen molar-refractivity contribution in [2.45, 2.75) is 47.7 Å². The smallest absolute Gasteiger partial charge is 0.228 e. The molecule has 0 N–H and O–H groups in total. The lowest BCUT2D eigenvalue weighted by Gasteiger charge is -2.20. The van der Waals surface area contributed by atoms with Gasteiger partial charge in [-0.25, -0.2) is 4.98 Å². The van der Waals surface area contributed by atoms with E-state index in [0.717, 1.165) is 6.20 Å². The number of aromatic nitrogens is 2. The largest absolute Gasteiger partial charge is 0.437 e. The molecule has 146 valence electrons. The number of hydrogen-bond acceptors (Lipinski definition) is 4. The van der Waals surface area contributed by atoms with E-state index in [1.807, 2.05) is 0 Å². The van der Waals surface area contributed by atoms with E-state index in [2.05, 4.69) is 9.97 Å². The van der Waals surface area contributed by atoms with Crippen LogP contribution in [-0.4, -0.2) is 9.97 Å². The molecule has 0 bridgehead atoms. The maximum atomic E-state index is 9.51. The van der Waals surface area contributed by atoms with Gasteiger partial charge in [0.15, 0.2) is 0 Å². The lowest BCUT2D eigenvalue weighted by atomic mass is 9.86. The minimum Gasteiger partial charge on any atom is -0.437 e. The summed E-state index contributed by atoms with van der Waals surface area (Å²) in [5.74, 6) is 0.